The summed E-state index contributed by atoms with van der Waals surface area (Å²) in [5.74, 6) is -0.0468. The van der Waals surface area contributed by atoms with Gasteiger partial charge in [-0.1, -0.05) is 38.5 Å². The molecule has 0 radical (unpaired) electrons. The van der Waals surface area contributed by atoms with Crippen LogP contribution in [0.5, 0.6) is 0 Å². The Hall–Kier alpha value is -1.35. The molecule has 1 aromatic rings. The SMILES string of the molecule is Cc1ccc(N(C)C(=O)[C@H](N)C(C)(C)C)c(C)c1. The second-order valence-corrected chi connectivity index (χ2v) is 6.03. The maximum Gasteiger partial charge on any atom is 0.244 e. The van der Waals surface area contributed by atoms with Crippen molar-refractivity contribution in [1.29, 1.82) is 0 Å². The molecule has 0 aliphatic rings. The van der Waals surface area contributed by atoms with Crippen LogP contribution < -0.4 is 10.6 Å². The molecule has 0 aliphatic carbocycles. The Balaban J connectivity index is 3.00. The number of carbonyl (C=O) groups excluding carboxylic acids is 1. The van der Waals surface area contributed by atoms with Crippen LogP contribution in [0.15, 0.2) is 18.2 Å². The second-order valence-electron chi connectivity index (χ2n) is 6.03. The lowest BCUT2D eigenvalue weighted by atomic mass is 9.86. The number of nitrogens with zero attached hydrogens (tertiary/aromatic N) is 1. The fraction of sp³-hybridized carbons (Fsp3) is 0.533. The number of likely N-dealkylation sites (N-methyl/N-ethyl adjacent to an activating group) is 1. The molecule has 0 saturated heterocycles. The molecular weight excluding hydrogens is 224 g/mol. The van der Waals surface area contributed by atoms with Crippen molar-refractivity contribution in [2.75, 3.05) is 11.9 Å². The van der Waals surface area contributed by atoms with Gasteiger partial charge in [0.2, 0.25) is 5.91 Å². The zero-order chi connectivity index (χ0) is 14.1. The Morgan fingerprint density at radius 3 is 2.28 bits per heavy atom. The van der Waals surface area contributed by atoms with E-state index in [0.717, 1.165) is 11.3 Å². The predicted octanol–water partition coefficient (Wildman–Crippen LogP) is 2.64. The Labute approximate surface area is 110 Å². The molecule has 0 aromatic heterocycles. The Morgan fingerprint density at radius 2 is 1.83 bits per heavy atom. The third-order valence-electron chi connectivity index (χ3n) is 3.24. The van der Waals surface area contributed by atoms with Crippen molar-refractivity contribution in [2.45, 2.75) is 40.7 Å². The molecule has 1 aromatic carbocycles. The molecule has 0 saturated carbocycles. The summed E-state index contributed by atoms with van der Waals surface area (Å²) in [6, 6.07) is 5.55. The van der Waals surface area contributed by atoms with Gasteiger partial charge < -0.3 is 10.6 Å². The number of nitrogens with two attached hydrogens (primary N) is 1. The molecule has 1 atom stereocenters. The van der Waals surface area contributed by atoms with Gasteiger partial charge in [-0.15, -0.1) is 0 Å². The topological polar surface area (TPSA) is 46.3 Å². The van der Waals surface area contributed by atoms with Crippen LogP contribution in [0.4, 0.5) is 5.69 Å². The molecule has 18 heavy (non-hydrogen) atoms. The summed E-state index contributed by atoms with van der Waals surface area (Å²) in [7, 11) is 1.78. The highest BCUT2D eigenvalue weighted by molar-refractivity contribution is 5.97. The average molecular weight is 248 g/mol. The third kappa shape index (κ3) is 3.10. The fourth-order valence-electron chi connectivity index (χ4n) is 1.88. The van der Waals surface area contributed by atoms with Crippen LogP contribution in [0, 0.1) is 19.3 Å². The van der Waals surface area contributed by atoms with Crippen molar-refractivity contribution in [3.8, 4) is 0 Å². The van der Waals surface area contributed by atoms with Crippen LogP contribution in [0.3, 0.4) is 0 Å². The van der Waals surface area contributed by atoms with Crippen molar-refractivity contribution >= 4 is 11.6 Å². The predicted molar refractivity (Wildman–Crippen MR) is 76.8 cm³/mol. The second kappa shape index (κ2) is 5.11. The molecule has 1 rings (SSSR count). The third-order valence-corrected chi connectivity index (χ3v) is 3.24. The van der Waals surface area contributed by atoms with E-state index in [9.17, 15) is 4.79 Å². The number of carbonyl (C=O) groups is 1. The quantitative estimate of drug-likeness (QED) is 0.874. The van der Waals surface area contributed by atoms with E-state index in [0.29, 0.717) is 0 Å². The zero-order valence-electron chi connectivity index (χ0n) is 12.2. The van der Waals surface area contributed by atoms with E-state index in [1.54, 1.807) is 11.9 Å². The lowest BCUT2D eigenvalue weighted by Gasteiger charge is -2.30. The van der Waals surface area contributed by atoms with Crippen LogP contribution in [-0.4, -0.2) is 19.0 Å². The van der Waals surface area contributed by atoms with Crippen LogP contribution in [0.1, 0.15) is 31.9 Å². The van der Waals surface area contributed by atoms with Crippen molar-refractivity contribution < 1.29 is 4.79 Å². The number of aryl methyl sites for hydroxylation is 2. The van der Waals surface area contributed by atoms with Crippen LogP contribution in [0.25, 0.3) is 0 Å². The standard InChI is InChI=1S/C15H24N2O/c1-10-7-8-12(11(2)9-10)17(6)14(18)13(16)15(3,4)5/h7-9,13H,16H2,1-6H3/t13-/m0/s1. The summed E-state index contributed by atoms with van der Waals surface area (Å²) < 4.78 is 0. The first-order chi connectivity index (χ1) is 8.14. The van der Waals surface area contributed by atoms with Crippen molar-refractivity contribution in [2.24, 2.45) is 11.1 Å². The molecule has 0 bridgehead atoms. The van der Waals surface area contributed by atoms with E-state index < -0.39 is 6.04 Å². The number of hydrogen-bond acceptors (Lipinski definition) is 2. The summed E-state index contributed by atoms with van der Waals surface area (Å²) >= 11 is 0. The van der Waals surface area contributed by atoms with Gasteiger partial charge in [-0.05, 0) is 30.9 Å². The first kappa shape index (κ1) is 14.7. The van der Waals surface area contributed by atoms with Crippen LogP contribution >= 0.6 is 0 Å². The molecule has 0 fully saturated rings. The monoisotopic (exact) mass is 248 g/mol. The smallest absolute Gasteiger partial charge is 0.244 e. The molecular formula is C15H24N2O. The molecule has 0 aliphatic heterocycles. The lowest BCUT2D eigenvalue weighted by molar-refractivity contribution is -0.121. The van der Waals surface area contributed by atoms with Gasteiger partial charge >= 0.3 is 0 Å². The molecule has 100 valence electrons. The minimum Gasteiger partial charge on any atom is -0.319 e. The molecule has 2 N–H and O–H groups in total. The maximum absolute atomic E-state index is 12.3. The van der Waals surface area contributed by atoms with Crippen molar-refractivity contribution in [3.05, 3.63) is 29.3 Å². The summed E-state index contributed by atoms with van der Waals surface area (Å²) in [4.78, 5) is 14.0. The van der Waals surface area contributed by atoms with Gasteiger partial charge in [0, 0.05) is 12.7 Å². The van der Waals surface area contributed by atoms with E-state index in [4.69, 9.17) is 5.73 Å². The minimum atomic E-state index is -0.497. The first-order valence-corrected chi connectivity index (χ1v) is 6.25. The van der Waals surface area contributed by atoms with E-state index in [-0.39, 0.29) is 11.3 Å². The largest absolute Gasteiger partial charge is 0.319 e. The highest BCUT2D eigenvalue weighted by Gasteiger charge is 2.30. The van der Waals surface area contributed by atoms with Crippen LogP contribution in [0.2, 0.25) is 0 Å². The number of amides is 1. The van der Waals surface area contributed by atoms with Gasteiger partial charge in [0.25, 0.3) is 0 Å². The van der Waals surface area contributed by atoms with E-state index in [1.807, 2.05) is 46.8 Å². The number of hydrogen-bond donors (Lipinski definition) is 1. The number of benzene rings is 1. The summed E-state index contributed by atoms with van der Waals surface area (Å²) in [5, 5.41) is 0. The summed E-state index contributed by atoms with van der Waals surface area (Å²) in [5.41, 5.74) is 8.99. The fourth-order valence-corrected chi connectivity index (χ4v) is 1.88. The normalized spacial score (nSPS) is 13.3. The van der Waals surface area contributed by atoms with Gasteiger partial charge in [0.05, 0.1) is 6.04 Å². The molecule has 1 amide bonds. The maximum atomic E-state index is 12.3. The molecule has 3 nitrogen and oxygen atoms in total. The van der Waals surface area contributed by atoms with E-state index >= 15 is 0 Å². The first-order valence-electron chi connectivity index (χ1n) is 6.25. The molecule has 0 heterocycles. The van der Waals surface area contributed by atoms with E-state index in [1.165, 1.54) is 5.56 Å². The molecule has 0 spiro atoms. The highest BCUT2D eigenvalue weighted by atomic mass is 16.2. The van der Waals surface area contributed by atoms with E-state index in [2.05, 4.69) is 6.07 Å². The minimum absolute atomic E-state index is 0.0468. The average Bonchev–Trinajstić information content (AvgIpc) is 2.25. The molecule has 3 heteroatoms. The van der Waals surface area contributed by atoms with Gasteiger partial charge in [-0.2, -0.15) is 0 Å². The summed E-state index contributed by atoms with van der Waals surface area (Å²) in [6.07, 6.45) is 0. The number of anilines is 1. The Kier molecular flexibility index (Phi) is 4.17. The van der Waals surface area contributed by atoms with Crippen molar-refractivity contribution in [1.82, 2.24) is 0 Å². The Bertz CT molecular complexity index is 446. The summed E-state index contributed by atoms with van der Waals surface area (Å²) in [6.45, 7) is 9.98. The van der Waals surface area contributed by atoms with Gasteiger partial charge in [-0.25, -0.2) is 0 Å². The lowest BCUT2D eigenvalue weighted by Crippen LogP contribution is -2.49. The van der Waals surface area contributed by atoms with Gasteiger partial charge in [0.15, 0.2) is 0 Å². The Morgan fingerprint density at radius 1 is 1.28 bits per heavy atom. The van der Waals surface area contributed by atoms with Gasteiger partial charge in [0.1, 0.15) is 0 Å². The van der Waals surface area contributed by atoms with Crippen molar-refractivity contribution in [3.63, 3.8) is 0 Å². The molecule has 0 unspecified atom stereocenters. The number of rotatable bonds is 2. The van der Waals surface area contributed by atoms with Crippen LogP contribution in [-0.2, 0) is 4.79 Å². The van der Waals surface area contributed by atoms with Gasteiger partial charge in [-0.3, -0.25) is 4.79 Å². The highest BCUT2D eigenvalue weighted by Crippen LogP contribution is 2.24. The zero-order valence-corrected chi connectivity index (χ0v) is 12.2.